The molecule has 3 rings (SSSR count). The molecule has 0 fully saturated rings. The average molecular weight is 467 g/mol. The van der Waals surface area contributed by atoms with Crippen LogP contribution in [0.3, 0.4) is 0 Å². The molecule has 4 nitrogen and oxygen atoms in total. The Hall–Kier alpha value is -3.09. The van der Waals surface area contributed by atoms with Crippen LogP contribution in [0, 0.1) is 11.6 Å². The van der Waals surface area contributed by atoms with Crippen molar-refractivity contribution in [1.82, 2.24) is 10.6 Å². The molecule has 3 aromatic rings. The number of benzene rings is 3. The number of aliphatic hydroxyl groups excluding tert-OH is 1. The summed E-state index contributed by atoms with van der Waals surface area (Å²) >= 11 is 0. The minimum absolute atomic E-state index is 0.0933. The van der Waals surface area contributed by atoms with Crippen LogP contribution in [0.5, 0.6) is 0 Å². The van der Waals surface area contributed by atoms with Gasteiger partial charge in [0.15, 0.2) is 0 Å². The van der Waals surface area contributed by atoms with E-state index in [0.29, 0.717) is 12.1 Å². The van der Waals surface area contributed by atoms with Crippen molar-refractivity contribution in [2.24, 2.45) is 0 Å². The van der Waals surface area contributed by atoms with Crippen molar-refractivity contribution in [2.75, 3.05) is 6.54 Å². The van der Waals surface area contributed by atoms with Gasteiger partial charge in [-0.2, -0.15) is 0 Å². The van der Waals surface area contributed by atoms with E-state index in [9.17, 15) is 18.7 Å². The van der Waals surface area contributed by atoms with E-state index < -0.39 is 29.7 Å². The quantitative estimate of drug-likeness (QED) is 0.390. The van der Waals surface area contributed by atoms with E-state index >= 15 is 0 Å². The highest BCUT2D eigenvalue weighted by Crippen LogP contribution is 2.17. The fourth-order valence-corrected chi connectivity index (χ4v) is 3.93. The second-order valence-corrected chi connectivity index (χ2v) is 8.60. The Morgan fingerprint density at radius 1 is 0.912 bits per heavy atom. The molecule has 0 spiro atoms. The summed E-state index contributed by atoms with van der Waals surface area (Å²) in [5.41, 5.74) is 3.54. The Morgan fingerprint density at radius 3 is 2.26 bits per heavy atom. The first-order chi connectivity index (χ1) is 16.4. The Balaban J connectivity index is 1.69. The monoisotopic (exact) mass is 466 g/mol. The Bertz CT molecular complexity index is 1050. The van der Waals surface area contributed by atoms with Crippen LogP contribution in [0.25, 0.3) is 0 Å². The minimum Gasteiger partial charge on any atom is -0.390 e. The normalized spacial score (nSPS) is 13.8. The van der Waals surface area contributed by atoms with Gasteiger partial charge in [-0.3, -0.25) is 4.79 Å². The molecule has 3 aromatic carbocycles. The number of hydrogen-bond donors (Lipinski definition) is 3. The van der Waals surface area contributed by atoms with Gasteiger partial charge in [0.25, 0.3) is 0 Å². The first-order valence-corrected chi connectivity index (χ1v) is 11.6. The Labute approximate surface area is 200 Å². The lowest BCUT2D eigenvalue weighted by Crippen LogP contribution is -2.49. The molecule has 0 unspecified atom stereocenters. The summed E-state index contributed by atoms with van der Waals surface area (Å²) in [6, 6.07) is 20.0. The first kappa shape index (κ1) is 25.5. The van der Waals surface area contributed by atoms with E-state index in [0.717, 1.165) is 23.6 Å². The highest BCUT2D eigenvalue weighted by Gasteiger charge is 2.25. The first-order valence-electron chi connectivity index (χ1n) is 11.6. The molecule has 6 heteroatoms. The fraction of sp³-hybridized carbons (Fsp3) is 0.321. The molecule has 1 amide bonds. The number of carbonyl (C=O) groups excluding carboxylic acids is 1. The third-order valence-electron chi connectivity index (χ3n) is 5.95. The SMILES string of the molecule is CCc1cccc(CNC[C@@H](O)[C@H](Cc2cc(F)cc(F)c2)NC(=O)[C@H](C)c2ccccc2)c1. The largest absolute Gasteiger partial charge is 0.390 e. The van der Waals surface area contributed by atoms with E-state index in [-0.39, 0.29) is 18.9 Å². The van der Waals surface area contributed by atoms with Crippen molar-refractivity contribution in [3.8, 4) is 0 Å². The number of halogens is 2. The molecular formula is C28H32F2N2O2. The third kappa shape index (κ3) is 7.47. The van der Waals surface area contributed by atoms with Gasteiger partial charge < -0.3 is 15.7 Å². The van der Waals surface area contributed by atoms with Crippen molar-refractivity contribution in [1.29, 1.82) is 0 Å². The zero-order valence-electron chi connectivity index (χ0n) is 19.6. The molecule has 0 radical (unpaired) electrons. The predicted molar refractivity (Wildman–Crippen MR) is 130 cm³/mol. The van der Waals surface area contributed by atoms with Crippen LogP contribution in [0.2, 0.25) is 0 Å². The fourth-order valence-electron chi connectivity index (χ4n) is 3.93. The van der Waals surface area contributed by atoms with Crippen LogP contribution in [-0.4, -0.2) is 29.7 Å². The number of carbonyl (C=O) groups is 1. The molecule has 180 valence electrons. The van der Waals surface area contributed by atoms with Crippen molar-refractivity contribution in [3.63, 3.8) is 0 Å². The maximum atomic E-state index is 13.7. The van der Waals surface area contributed by atoms with Crippen molar-refractivity contribution < 1.29 is 18.7 Å². The summed E-state index contributed by atoms with van der Waals surface area (Å²) in [6.07, 6.45) is 0.0670. The Morgan fingerprint density at radius 2 is 1.59 bits per heavy atom. The molecule has 0 aromatic heterocycles. The maximum Gasteiger partial charge on any atom is 0.227 e. The van der Waals surface area contributed by atoms with Crippen LogP contribution in [0.1, 0.15) is 42.0 Å². The highest BCUT2D eigenvalue weighted by atomic mass is 19.1. The summed E-state index contributed by atoms with van der Waals surface area (Å²) in [7, 11) is 0. The lowest BCUT2D eigenvalue weighted by Gasteiger charge is -2.26. The number of hydrogen-bond acceptors (Lipinski definition) is 3. The molecule has 0 bridgehead atoms. The van der Waals surface area contributed by atoms with Gasteiger partial charge in [0.05, 0.1) is 18.1 Å². The summed E-state index contributed by atoms with van der Waals surface area (Å²) in [4.78, 5) is 13.0. The smallest absolute Gasteiger partial charge is 0.227 e. The van der Waals surface area contributed by atoms with Crippen LogP contribution < -0.4 is 10.6 Å². The van der Waals surface area contributed by atoms with Gasteiger partial charge >= 0.3 is 0 Å². The molecule has 0 aliphatic rings. The second-order valence-electron chi connectivity index (χ2n) is 8.60. The van der Waals surface area contributed by atoms with Gasteiger partial charge in [-0.1, -0.05) is 61.5 Å². The van der Waals surface area contributed by atoms with Crippen LogP contribution in [-0.2, 0) is 24.2 Å². The second kappa shape index (κ2) is 12.4. The molecule has 3 N–H and O–H groups in total. The van der Waals surface area contributed by atoms with E-state index in [2.05, 4.69) is 29.7 Å². The Kier molecular flexibility index (Phi) is 9.31. The van der Waals surface area contributed by atoms with Crippen LogP contribution >= 0.6 is 0 Å². The number of aryl methyl sites for hydroxylation is 1. The van der Waals surface area contributed by atoms with Gasteiger partial charge in [-0.05, 0) is 54.2 Å². The lowest BCUT2D eigenvalue weighted by atomic mass is 9.97. The standard InChI is InChI=1S/C28H32F2N2O2/c1-3-20-8-7-9-21(12-20)17-31-18-27(33)26(15-22-13-24(29)16-25(30)14-22)32-28(34)19(2)23-10-5-4-6-11-23/h4-14,16,19,26-27,31,33H,3,15,17-18H2,1-2H3,(H,32,34)/t19-,26+,27-/m1/s1. The molecule has 0 aliphatic carbocycles. The maximum absolute atomic E-state index is 13.7. The summed E-state index contributed by atoms with van der Waals surface area (Å²) in [5.74, 6) is -2.09. The zero-order chi connectivity index (χ0) is 24.5. The van der Waals surface area contributed by atoms with Gasteiger partial charge in [-0.25, -0.2) is 8.78 Å². The highest BCUT2D eigenvalue weighted by molar-refractivity contribution is 5.83. The molecule has 0 saturated carbocycles. The van der Waals surface area contributed by atoms with Gasteiger partial charge in [0.2, 0.25) is 5.91 Å². The topological polar surface area (TPSA) is 61.4 Å². The molecular weight excluding hydrogens is 434 g/mol. The number of rotatable bonds is 11. The van der Waals surface area contributed by atoms with Crippen molar-refractivity contribution in [3.05, 3.63) is 107 Å². The number of amides is 1. The van der Waals surface area contributed by atoms with E-state index in [1.54, 1.807) is 6.92 Å². The van der Waals surface area contributed by atoms with Crippen molar-refractivity contribution >= 4 is 5.91 Å². The number of nitrogens with one attached hydrogen (secondary N) is 2. The van der Waals surface area contributed by atoms with Crippen LogP contribution in [0.15, 0.2) is 72.8 Å². The van der Waals surface area contributed by atoms with E-state index in [1.807, 2.05) is 42.5 Å². The molecule has 0 aliphatic heterocycles. The summed E-state index contributed by atoms with van der Waals surface area (Å²) in [6.45, 7) is 4.64. The predicted octanol–water partition coefficient (Wildman–Crippen LogP) is 4.51. The van der Waals surface area contributed by atoms with E-state index in [1.165, 1.54) is 17.7 Å². The number of aliphatic hydroxyl groups is 1. The van der Waals surface area contributed by atoms with E-state index in [4.69, 9.17) is 0 Å². The molecule has 0 heterocycles. The van der Waals surface area contributed by atoms with Crippen LogP contribution in [0.4, 0.5) is 8.78 Å². The van der Waals surface area contributed by atoms with Gasteiger partial charge in [0, 0.05) is 19.2 Å². The summed E-state index contributed by atoms with van der Waals surface area (Å²) < 4.78 is 27.5. The third-order valence-corrected chi connectivity index (χ3v) is 5.95. The van der Waals surface area contributed by atoms with Crippen molar-refractivity contribution in [2.45, 2.75) is 51.3 Å². The van der Waals surface area contributed by atoms with Gasteiger partial charge in [0.1, 0.15) is 11.6 Å². The summed E-state index contributed by atoms with van der Waals surface area (Å²) in [5, 5.41) is 17.0. The zero-order valence-corrected chi connectivity index (χ0v) is 19.6. The molecule has 34 heavy (non-hydrogen) atoms. The van der Waals surface area contributed by atoms with Gasteiger partial charge in [-0.15, -0.1) is 0 Å². The lowest BCUT2D eigenvalue weighted by molar-refractivity contribution is -0.123. The average Bonchev–Trinajstić information content (AvgIpc) is 2.83. The molecule has 3 atom stereocenters. The minimum atomic E-state index is -0.965. The molecule has 0 saturated heterocycles.